The lowest BCUT2D eigenvalue weighted by Crippen LogP contribution is -2.24. The van der Waals surface area contributed by atoms with Crippen LogP contribution in [0.15, 0.2) is 48.8 Å². The number of ether oxygens (including phenoxy) is 1. The smallest absolute Gasteiger partial charge is 0.152 e. The van der Waals surface area contributed by atoms with E-state index in [4.69, 9.17) is 22.1 Å². The Morgan fingerprint density at radius 3 is 2.81 bits per heavy atom. The topological polar surface area (TPSA) is 66.0 Å². The lowest BCUT2D eigenvalue weighted by molar-refractivity contribution is 0.0836. The van der Waals surface area contributed by atoms with Gasteiger partial charge in [-0.25, -0.2) is 9.97 Å². The first-order chi connectivity index (χ1) is 13.1. The first-order valence-corrected chi connectivity index (χ1v) is 9.38. The van der Waals surface area contributed by atoms with Crippen molar-refractivity contribution in [2.45, 2.75) is 25.5 Å². The number of nitrogen functional groups attached to an aromatic ring is 1. The average Bonchev–Trinajstić information content (AvgIpc) is 3.11. The highest BCUT2D eigenvalue weighted by molar-refractivity contribution is 6.30. The highest BCUT2D eigenvalue weighted by Gasteiger charge is 2.31. The van der Waals surface area contributed by atoms with Crippen molar-refractivity contribution in [3.63, 3.8) is 0 Å². The van der Waals surface area contributed by atoms with Crippen LogP contribution in [-0.4, -0.2) is 21.1 Å². The molecule has 2 aromatic heterocycles. The SMILES string of the molecule is CC1c2cccc3nc(N)c4ncn(c4c23)C1COCc1ccc(Cl)cc1. The Kier molecular flexibility index (Phi) is 3.81. The predicted octanol–water partition coefficient (Wildman–Crippen LogP) is 4.70. The number of nitrogens with two attached hydrogens (primary N) is 1. The fourth-order valence-corrected chi connectivity index (χ4v) is 4.20. The minimum absolute atomic E-state index is 0.155. The maximum Gasteiger partial charge on any atom is 0.152 e. The van der Waals surface area contributed by atoms with Crippen molar-refractivity contribution >= 4 is 39.4 Å². The highest BCUT2D eigenvalue weighted by Crippen LogP contribution is 2.43. The van der Waals surface area contributed by atoms with Crippen molar-refractivity contribution in [3.05, 3.63) is 64.9 Å². The third-order valence-electron chi connectivity index (χ3n) is 5.48. The van der Waals surface area contributed by atoms with Crippen LogP contribution >= 0.6 is 11.6 Å². The van der Waals surface area contributed by atoms with E-state index in [9.17, 15) is 0 Å². The van der Waals surface area contributed by atoms with Crippen LogP contribution in [0, 0.1) is 0 Å². The number of anilines is 1. The predicted molar refractivity (Wildman–Crippen MR) is 108 cm³/mol. The Hall–Kier alpha value is -2.63. The van der Waals surface area contributed by atoms with Gasteiger partial charge in [-0.05, 0) is 29.3 Å². The standard InChI is InChI=1S/C21H19ClN4O/c1-12-15-3-2-4-16-18(15)20-19(21(23)25-16)24-11-26(20)17(12)10-27-9-13-5-7-14(22)8-6-13/h2-8,11-12,17H,9-10H2,1H3,(H2,23,25). The fraction of sp³-hybridized carbons (Fsp3) is 0.238. The Morgan fingerprint density at radius 2 is 2.00 bits per heavy atom. The number of pyridine rings is 1. The van der Waals surface area contributed by atoms with E-state index in [1.165, 1.54) is 5.56 Å². The van der Waals surface area contributed by atoms with Crippen LogP contribution < -0.4 is 5.73 Å². The van der Waals surface area contributed by atoms with E-state index in [1.807, 2.05) is 42.7 Å². The number of hydrogen-bond donors (Lipinski definition) is 1. The van der Waals surface area contributed by atoms with Gasteiger partial charge in [0.2, 0.25) is 0 Å². The van der Waals surface area contributed by atoms with Crippen molar-refractivity contribution in [1.29, 1.82) is 0 Å². The third-order valence-corrected chi connectivity index (χ3v) is 5.74. The summed E-state index contributed by atoms with van der Waals surface area (Å²) in [6.07, 6.45) is 1.87. The number of halogens is 1. The second-order valence-corrected chi connectivity index (χ2v) is 7.52. The molecule has 6 heteroatoms. The van der Waals surface area contributed by atoms with Crippen molar-refractivity contribution in [2.24, 2.45) is 0 Å². The second-order valence-electron chi connectivity index (χ2n) is 7.09. The molecule has 0 amide bonds. The Balaban J connectivity index is 1.51. The molecule has 5 rings (SSSR count). The van der Waals surface area contributed by atoms with Crippen molar-refractivity contribution in [1.82, 2.24) is 14.5 Å². The summed E-state index contributed by atoms with van der Waals surface area (Å²) in [6, 6.07) is 14.1. The third kappa shape index (κ3) is 2.58. The first-order valence-electron chi connectivity index (χ1n) is 9.00. The summed E-state index contributed by atoms with van der Waals surface area (Å²) in [5, 5.41) is 1.89. The van der Waals surface area contributed by atoms with E-state index < -0.39 is 0 Å². The molecule has 0 saturated heterocycles. The van der Waals surface area contributed by atoms with Gasteiger partial charge in [0.05, 0.1) is 36.6 Å². The zero-order valence-corrected chi connectivity index (χ0v) is 15.6. The molecule has 4 aromatic rings. The quantitative estimate of drug-likeness (QED) is 0.559. The Bertz CT molecular complexity index is 1150. The minimum Gasteiger partial charge on any atom is -0.382 e. The molecule has 0 spiro atoms. The molecule has 2 N–H and O–H groups in total. The number of benzene rings is 2. The second kappa shape index (κ2) is 6.22. The Labute approximate surface area is 161 Å². The molecule has 1 aliphatic heterocycles. The van der Waals surface area contributed by atoms with Crippen LogP contribution in [-0.2, 0) is 11.3 Å². The first kappa shape index (κ1) is 16.5. The van der Waals surface area contributed by atoms with Gasteiger partial charge in [-0.15, -0.1) is 0 Å². The van der Waals surface area contributed by atoms with E-state index >= 15 is 0 Å². The largest absolute Gasteiger partial charge is 0.382 e. The molecular formula is C21H19ClN4O. The average molecular weight is 379 g/mol. The number of hydrogen-bond acceptors (Lipinski definition) is 4. The van der Waals surface area contributed by atoms with E-state index in [0.29, 0.717) is 19.0 Å². The van der Waals surface area contributed by atoms with Gasteiger partial charge in [0.15, 0.2) is 5.82 Å². The van der Waals surface area contributed by atoms with Gasteiger partial charge in [0, 0.05) is 16.3 Å². The van der Waals surface area contributed by atoms with Gasteiger partial charge in [-0.3, -0.25) is 0 Å². The summed E-state index contributed by atoms with van der Waals surface area (Å²) in [5.41, 5.74) is 11.3. The summed E-state index contributed by atoms with van der Waals surface area (Å²) < 4.78 is 8.28. The van der Waals surface area contributed by atoms with Crippen LogP contribution in [0.2, 0.25) is 5.02 Å². The maximum absolute atomic E-state index is 6.15. The molecule has 0 aliphatic carbocycles. The van der Waals surface area contributed by atoms with Gasteiger partial charge in [0.1, 0.15) is 5.52 Å². The molecule has 1 aliphatic rings. The normalized spacial score (nSPS) is 18.6. The van der Waals surface area contributed by atoms with Crippen LogP contribution in [0.4, 0.5) is 5.82 Å². The lowest BCUT2D eigenvalue weighted by Gasteiger charge is -2.31. The van der Waals surface area contributed by atoms with Gasteiger partial charge >= 0.3 is 0 Å². The summed E-state index contributed by atoms with van der Waals surface area (Å²) in [6.45, 7) is 3.37. The molecule has 2 aromatic carbocycles. The zero-order valence-electron chi connectivity index (χ0n) is 14.9. The van der Waals surface area contributed by atoms with Crippen molar-refractivity contribution < 1.29 is 4.74 Å². The molecule has 2 unspecified atom stereocenters. The molecule has 27 heavy (non-hydrogen) atoms. The van der Waals surface area contributed by atoms with Crippen LogP contribution in [0.3, 0.4) is 0 Å². The maximum atomic E-state index is 6.15. The molecule has 5 nitrogen and oxygen atoms in total. The fourth-order valence-electron chi connectivity index (χ4n) is 4.07. The number of imidazole rings is 1. The molecule has 0 bridgehead atoms. The number of aromatic nitrogens is 3. The van der Waals surface area contributed by atoms with Crippen LogP contribution in [0.1, 0.15) is 30.0 Å². The summed E-state index contributed by atoms with van der Waals surface area (Å²) in [7, 11) is 0. The molecule has 0 fully saturated rings. The Morgan fingerprint density at radius 1 is 1.19 bits per heavy atom. The molecule has 3 heterocycles. The molecule has 0 saturated carbocycles. The van der Waals surface area contributed by atoms with Gasteiger partial charge in [-0.1, -0.05) is 42.8 Å². The molecule has 2 atom stereocenters. The zero-order chi connectivity index (χ0) is 18.5. The monoisotopic (exact) mass is 378 g/mol. The van der Waals surface area contributed by atoms with E-state index in [0.717, 1.165) is 32.5 Å². The molecule has 0 radical (unpaired) electrons. The highest BCUT2D eigenvalue weighted by atomic mass is 35.5. The minimum atomic E-state index is 0.155. The van der Waals surface area contributed by atoms with E-state index in [-0.39, 0.29) is 12.0 Å². The van der Waals surface area contributed by atoms with E-state index in [2.05, 4.69) is 27.5 Å². The number of rotatable bonds is 4. The van der Waals surface area contributed by atoms with Crippen LogP contribution in [0.5, 0.6) is 0 Å². The number of nitrogens with zero attached hydrogens (tertiary/aromatic N) is 3. The summed E-state index contributed by atoms with van der Waals surface area (Å²) >= 11 is 5.95. The van der Waals surface area contributed by atoms with Gasteiger partial charge in [0.25, 0.3) is 0 Å². The molecule has 136 valence electrons. The van der Waals surface area contributed by atoms with Crippen molar-refractivity contribution in [3.8, 4) is 0 Å². The summed E-state index contributed by atoms with van der Waals surface area (Å²) in [5.74, 6) is 0.762. The van der Waals surface area contributed by atoms with E-state index in [1.54, 1.807) is 0 Å². The van der Waals surface area contributed by atoms with Crippen LogP contribution in [0.25, 0.3) is 21.9 Å². The summed E-state index contributed by atoms with van der Waals surface area (Å²) in [4.78, 5) is 9.08. The molecular weight excluding hydrogens is 360 g/mol. The van der Waals surface area contributed by atoms with Gasteiger partial charge < -0.3 is 15.0 Å². The lowest BCUT2D eigenvalue weighted by atomic mass is 9.87. The van der Waals surface area contributed by atoms with Crippen molar-refractivity contribution in [2.75, 3.05) is 12.3 Å². The van der Waals surface area contributed by atoms with Gasteiger partial charge in [-0.2, -0.15) is 0 Å².